The van der Waals surface area contributed by atoms with Gasteiger partial charge in [0.25, 0.3) is 5.91 Å². The third-order valence-electron chi connectivity index (χ3n) is 3.68. The standard InChI is InChI=1S/C15H22ClN3O2S/c1-2-22(21)9-6-17-14-13(16)10-12(11-18-14)15(20)19-7-4-3-5-8-19/h10-11H,2-9H2,1H3,(H,17,18). The highest BCUT2D eigenvalue weighted by Gasteiger charge is 2.19. The summed E-state index contributed by atoms with van der Waals surface area (Å²) in [5.41, 5.74) is 0.523. The first-order chi connectivity index (χ1) is 10.6. The van der Waals surface area contributed by atoms with E-state index in [0.717, 1.165) is 25.9 Å². The molecular weight excluding hydrogens is 322 g/mol. The van der Waals surface area contributed by atoms with E-state index in [1.807, 2.05) is 11.8 Å². The van der Waals surface area contributed by atoms with E-state index < -0.39 is 10.8 Å². The summed E-state index contributed by atoms with van der Waals surface area (Å²) in [4.78, 5) is 18.5. The van der Waals surface area contributed by atoms with E-state index in [9.17, 15) is 9.00 Å². The number of nitrogens with zero attached hydrogens (tertiary/aromatic N) is 2. The summed E-state index contributed by atoms with van der Waals surface area (Å²) in [6, 6.07) is 1.66. The fraction of sp³-hybridized carbons (Fsp3) is 0.600. The van der Waals surface area contributed by atoms with Gasteiger partial charge in [-0.25, -0.2) is 4.98 Å². The van der Waals surface area contributed by atoms with Crippen LogP contribution in [0.2, 0.25) is 5.02 Å². The molecular formula is C15H22ClN3O2S. The fourth-order valence-electron chi connectivity index (χ4n) is 2.39. The lowest BCUT2D eigenvalue weighted by Gasteiger charge is -2.26. The molecule has 0 radical (unpaired) electrons. The number of carbonyl (C=O) groups excluding carboxylic acids is 1. The molecule has 2 heterocycles. The van der Waals surface area contributed by atoms with Crippen LogP contribution in [0.15, 0.2) is 12.3 Å². The highest BCUT2D eigenvalue weighted by molar-refractivity contribution is 7.84. The molecule has 1 aliphatic heterocycles. The molecule has 0 saturated carbocycles. The van der Waals surface area contributed by atoms with Crippen molar-refractivity contribution >= 4 is 34.1 Å². The van der Waals surface area contributed by atoms with Crippen LogP contribution in [0.25, 0.3) is 0 Å². The number of piperidine rings is 1. The van der Waals surface area contributed by atoms with Gasteiger partial charge in [0.2, 0.25) is 0 Å². The molecule has 7 heteroatoms. The summed E-state index contributed by atoms with van der Waals surface area (Å²) in [6.07, 6.45) is 4.86. The Labute approximate surface area is 138 Å². The summed E-state index contributed by atoms with van der Waals surface area (Å²) in [7, 11) is -0.817. The number of anilines is 1. The zero-order valence-electron chi connectivity index (χ0n) is 12.8. The maximum Gasteiger partial charge on any atom is 0.255 e. The molecule has 1 saturated heterocycles. The van der Waals surface area contributed by atoms with Crippen molar-refractivity contribution in [3.05, 3.63) is 22.8 Å². The maximum absolute atomic E-state index is 12.4. The molecule has 1 aromatic rings. The highest BCUT2D eigenvalue weighted by atomic mass is 35.5. The summed E-state index contributed by atoms with van der Waals surface area (Å²) in [6.45, 7) is 4.05. The van der Waals surface area contributed by atoms with Gasteiger partial charge in [-0.3, -0.25) is 9.00 Å². The van der Waals surface area contributed by atoms with E-state index in [4.69, 9.17) is 11.6 Å². The van der Waals surface area contributed by atoms with Crippen LogP contribution >= 0.6 is 11.6 Å². The lowest BCUT2D eigenvalue weighted by molar-refractivity contribution is 0.0724. The fourth-order valence-corrected chi connectivity index (χ4v) is 3.24. The summed E-state index contributed by atoms with van der Waals surface area (Å²) < 4.78 is 11.4. The van der Waals surface area contributed by atoms with Crippen LogP contribution in [0.4, 0.5) is 5.82 Å². The molecule has 1 atom stereocenters. The predicted octanol–water partition coefficient (Wildman–Crippen LogP) is 2.54. The Hall–Kier alpha value is -1.14. The van der Waals surface area contributed by atoms with Crippen LogP contribution in [-0.4, -0.2) is 51.1 Å². The lowest BCUT2D eigenvalue weighted by atomic mass is 10.1. The van der Waals surface area contributed by atoms with Gasteiger partial charge >= 0.3 is 0 Å². The molecule has 0 aliphatic carbocycles. The molecule has 1 aliphatic rings. The quantitative estimate of drug-likeness (QED) is 0.862. The van der Waals surface area contributed by atoms with Gasteiger partial charge in [-0.15, -0.1) is 0 Å². The normalized spacial score (nSPS) is 16.4. The summed E-state index contributed by atoms with van der Waals surface area (Å²) in [5, 5.41) is 3.48. The van der Waals surface area contributed by atoms with Crippen molar-refractivity contribution in [3.8, 4) is 0 Å². The van der Waals surface area contributed by atoms with E-state index in [1.165, 1.54) is 6.42 Å². The zero-order valence-corrected chi connectivity index (χ0v) is 14.4. The van der Waals surface area contributed by atoms with E-state index in [-0.39, 0.29) is 5.91 Å². The van der Waals surface area contributed by atoms with Crippen molar-refractivity contribution in [2.45, 2.75) is 26.2 Å². The summed E-state index contributed by atoms with van der Waals surface area (Å²) >= 11 is 6.19. The minimum atomic E-state index is -0.817. The molecule has 0 bridgehead atoms. The largest absolute Gasteiger partial charge is 0.368 e. The third kappa shape index (κ3) is 4.68. The number of carbonyl (C=O) groups is 1. The molecule has 122 valence electrons. The first kappa shape index (κ1) is 17.2. The maximum atomic E-state index is 12.4. The van der Waals surface area contributed by atoms with Gasteiger partial charge in [-0.05, 0) is 25.3 Å². The van der Waals surface area contributed by atoms with Gasteiger partial charge in [0.1, 0.15) is 5.82 Å². The minimum absolute atomic E-state index is 0.00673. The molecule has 5 nitrogen and oxygen atoms in total. The van der Waals surface area contributed by atoms with Gasteiger partial charge in [0.05, 0.1) is 10.6 Å². The molecule has 1 N–H and O–H groups in total. The monoisotopic (exact) mass is 343 g/mol. The topological polar surface area (TPSA) is 62.3 Å². The van der Waals surface area contributed by atoms with Crippen LogP contribution in [0.5, 0.6) is 0 Å². The van der Waals surface area contributed by atoms with Crippen molar-refractivity contribution in [1.82, 2.24) is 9.88 Å². The van der Waals surface area contributed by atoms with Crippen molar-refractivity contribution < 1.29 is 9.00 Å². The Balaban J connectivity index is 1.96. The molecule has 1 amide bonds. The second-order valence-corrected chi connectivity index (χ2v) is 7.54. The van der Waals surface area contributed by atoms with Crippen LogP contribution in [0.1, 0.15) is 36.5 Å². The van der Waals surface area contributed by atoms with Crippen molar-refractivity contribution in [2.75, 3.05) is 36.5 Å². The Bertz CT molecular complexity index is 548. The van der Waals surface area contributed by atoms with Crippen LogP contribution in [0.3, 0.4) is 0 Å². The second-order valence-electron chi connectivity index (χ2n) is 5.27. The Morgan fingerprint density at radius 2 is 2.14 bits per heavy atom. The van der Waals surface area contributed by atoms with Gasteiger partial charge in [-0.1, -0.05) is 18.5 Å². The molecule has 0 spiro atoms. The molecule has 0 aromatic carbocycles. The summed E-state index contributed by atoms with van der Waals surface area (Å²) in [5.74, 6) is 1.73. The zero-order chi connectivity index (χ0) is 15.9. The number of likely N-dealkylation sites (tertiary alicyclic amines) is 1. The molecule has 22 heavy (non-hydrogen) atoms. The second kappa shape index (κ2) is 8.48. The minimum Gasteiger partial charge on any atom is -0.368 e. The van der Waals surface area contributed by atoms with Crippen molar-refractivity contribution in [2.24, 2.45) is 0 Å². The van der Waals surface area contributed by atoms with Gasteiger partial charge in [-0.2, -0.15) is 0 Å². The highest BCUT2D eigenvalue weighted by Crippen LogP contribution is 2.21. The number of amides is 1. The van der Waals surface area contributed by atoms with E-state index in [0.29, 0.717) is 34.5 Å². The van der Waals surface area contributed by atoms with E-state index in [2.05, 4.69) is 10.3 Å². The average Bonchev–Trinajstić information content (AvgIpc) is 2.56. The van der Waals surface area contributed by atoms with Gasteiger partial charge < -0.3 is 10.2 Å². The Morgan fingerprint density at radius 1 is 1.41 bits per heavy atom. The van der Waals surface area contributed by atoms with Gasteiger partial charge in [0.15, 0.2) is 0 Å². The van der Waals surface area contributed by atoms with Gasteiger partial charge in [0, 0.05) is 48.1 Å². The predicted molar refractivity (Wildman–Crippen MR) is 91.0 cm³/mol. The Morgan fingerprint density at radius 3 is 2.77 bits per heavy atom. The molecule has 1 fully saturated rings. The number of hydrogen-bond acceptors (Lipinski definition) is 4. The smallest absolute Gasteiger partial charge is 0.255 e. The average molecular weight is 344 g/mol. The van der Waals surface area contributed by atoms with Crippen LogP contribution in [-0.2, 0) is 10.8 Å². The van der Waals surface area contributed by atoms with E-state index in [1.54, 1.807) is 12.3 Å². The molecule has 2 rings (SSSR count). The number of aromatic nitrogens is 1. The third-order valence-corrected chi connectivity index (χ3v) is 5.27. The lowest BCUT2D eigenvalue weighted by Crippen LogP contribution is -2.35. The first-order valence-corrected chi connectivity index (χ1v) is 9.52. The number of pyridine rings is 1. The molecule has 1 aromatic heterocycles. The first-order valence-electron chi connectivity index (χ1n) is 7.65. The van der Waals surface area contributed by atoms with Crippen molar-refractivity contribution in [1.29, 1.82) is 0 Å². The number of rotatable bonds is 6. The Kier molecular flexibility index (Phi) is 6.64. The van der Waals surface area contributed by atoms with Crippen LogP contribution < -0.4 is 5.32 Å². The number of nitrogens with one attached hydrogen (secondary N) is 1. The van der Waals surface area contributed by atoms with E-state index >= 15 is 0 Å². The number of halogens is 1. The molecule has 1 unspecified atom stereocenters. The number of hydrogen-bond donors (Lipinski definition) is 1. The van der Waals surface area contributed by atoms with Crippen LogP contribution in [0, 0.1) is 0 Å². The SMILES string of the molecule is CCS(=O)CCNc1ncc(C(=O)N2CCCCC2)cc1Cl. The van der Waals surface area contributed by atoms with Crippen molar-refractivity contribution in [3.63, 3.8) is 0 Å².